The van der Waals surface area contributed by atoms with Crippen molar-refractivity contribution in [1.82, 2.24) is 15.5 Å². The molecule has 1 unspecified atom stereocenters. The van der Waals surface area contributed by atoms with E-state index in [1.165, 1.54) is 19.4 Å². The van der Waals surface area contributed by atoms with Crippen LogP contribution in [0.25, 0.3) is 0 Å². The van der Waals surface area contributed by atoms with Crippen molar-refractivity contribution in [2.24, 2.45) is 10.9 Å². The maximum absolute atomic E-state index is 12.1. The van der Waals surface area contributed by atoms with Crippen LogP contribution in [0.1, 0.15) is 30.9 Å². The first-order valence-electron chi connectivity index (χ1n) is 9.78. The first-order valence-corrected chi connectivity index (χ1v) is 9.78. The summed E-state index contributed by atoms with van der Waals surface area (Å²) in [5.41, 5.74) is 1.71. The molecule has 0 radical (unpaired) electrons. The highest BCUT2D eigenvalue weighted by molar-refractivity contribution is 14.0. The van der Waals surface area contributed by atoms with Gasteiger partial charge in [-0.15, -0.1) is 24.0 Å². The predicted molar refractivity (Wildman–Crippen MR) is 121 cm³/mol. The van der Waals surface area contributed by atoms with Crippen LogP contribution in [0.5, 0.6) is 0 Å². The zero-order valence-electron chi connectivity index (χ0n) is 17.1. The molecule has 1 aromatic rings. The quantitative estimate of drug-likeness (QED) is 0.307. The Morgan fingerprint density at radius 2 is 1.90 bits per heavy atom. The number of hydrogen-bond acceptors (Lipinski definition) is 3. The number of ether oxygens (including phenoxy) is 1. The molecule has 2 rings (SSSR count). The fraction of sp³-hybridized carbons (Fsp3) is 0.650. The van der Waals surface area contributed by atoms with Crippen LogP contribution >= 0.6 is 24.0 Å². The summed E-state index contributed by atoms with van der Waals surface area (Å²) in [5.74, 6) is 1.41. The van der Waals surface area contributed by atoms with Crippen LogP contribution in [0, 0.1) is 5.92 Å². The summed E-state index contributed by atoms with van der Waals surface area (Å²) in [6, 6.07) is 7.30. The first-order chi connectivity index (χ1) is 13.4. The molecule has 1 heterocycles. The third-order valence-corrected chi connectivity index (χ3v) is 4.60. The number of nitrogens with one attached hydrogen (secondary N) is 2. The van der Waals surface area contributed by atoms with E-state index in [-0.39, 0.29) is 30.6 Å². The lowest BCUT2D eigenvalue weighted by Crippen LogP contribution is -2.43. The van der Waals surface area contributed by atoms with E-state index >= 15 is 0 Å². The molecule has 1 atom stereocenters. The molecule has 166 valence electrons. The summed E-state index contributed by atoms with van der Waals surface area (Å²) in [6.45, 7) is 5.20. The lowest BCUT2D eigenvalue weighted by atomic mass is 9.99. The summed E-state index contributed by atoms with van der Waals surface area (Å²) >= 11 is 0. The van der Waals surface area contributed by atoms with Crippen molar-refractivity contribution in [2.75, 3.05) is 39.8 Å². The minimum atomic E-state index is -4.29. The second-order valence-electron chi connectivity index (χ2n) is 7.27. The van der Waals surface area contributed by atoms with Gasteiger partial charge in [0.2, 0.25) is 0 Å². The summed E-state index contributed by atoms with van der Waals surface area (Å²) in [6.07, 6.45) is -1.83. The second-order valence-corrected chi connectivity index (χ2v) is 7.27. The molecule has 1 aliphatic heterocycles. The average molecular weight is 528 g/mol. The molecule has 0 spiro atoms. The van der Waals surface area contributed by atoms with E-state index in [0.717, 1.165) is 31.2 Å². The standard InChI is InChI=1S/C20H31F3N4O.HI/c1-3-24-19(26-12-18-5-4-10-27(2)13-18)25-11-16-6-8-17(9-7-16)14-28-15-20(21,22)23;/h6-9,18H,3-5,10-15H2,1-2H3,(H2,24,25,26);1H. The van der Waals surface area contributed by atoms with Gasteiger partial charge in [0.15, 0.2) is 5.96 Å². The molecule has 5 nitrogen and oxygen atoms in total. The molecule has 1 fully saturated rings. The molecule has 0 amide bonds. The molecule has 0 aromatic heterocycles. The Balaban J connectivity index is 0.00000420. The van der Waals surface area contributed by atoms with Gasteiger partial charge in [-0.2, -0.15) is 13.2 Å². The molecule has 0 saturated carbocycles. The third kappa shape index (κ3) is 11.0. The van der Waals surface area contributed by atoms with Crippen molar-refractivity contribution in [3.8, 4) is 0 Å². The number of likely N-dealkylation sites (tertiary alicyclic amines) is 1. The Hall–Kier alpha value is -1.07. The predicted octanol–water partition coefficient (Wildman–Crippen LogP) is 3.78. The number of guanidine groups is 1. The van der Waals surface area contributed by atoms with E-state index in [9.17, 15) is 13.2 Å². The Labute approximate surface area is 188 Å². The molecule has 9 heteroatoms. The van der Waals surface area contributed by atoms with Gasteiger partial charge in [0.25, 0.3) is 0 Å². The number of piperidine rings is 1. The van der Waals surface area contributed by atoms with Gasteiger partial charge < -0.3 is 20.3 Å². The molecule has 29 heavy (non-hydrogen) atoms. The highest BCUT2D eigenvalue weighted by atomic mass is 127. The van der Waals surface area contributed by atoms with E-state index in [1.807, 2.05) is 19.1 Å². The van der Waals surface area contributed by atoms with Gasteiger partial charge in [-0.25, -0.2) is 4.99 Å². The van der Waals surface area contributed by atoms with Crippen molar-refractivity contribution in [3.05, 3.63) is 35.4 Å². The zero-order valence-corrected chi connectivity index (χ0v) is 19.4. The zero-order chi connectivity index (χ0) is 20.4. The Morgan fingerprint density at radius 3 is 2.52 bits per heavy atom. The Kier molecular flexibility index (Phi) is 11.9. The third-order valence-electron chi connectivity index (χ3n) is 4.60. The number of nitrogens with zero attached hydrogens (tertiary/aromatic N) is 2. The smallest absolute Gasteiger partial charge is 0.367 e. The van der Waals surface area contributed by atoms with Gasteiger partial charge in [-0.1, -0.05) is 24.3 Å². The maximum Gasteiger partial charge on any atom is 0.411 e. The van der Waals surface area contributed by atoms with E-state index in [4.69, 9.17) is 0 Å². The van der Waals surface area contributed by atoms with Gasteiger partial charge in [0.05, 0.1) is 13.2 Å². The topological polar surface area (TPSA) is 48.9 Å². The summed E-state index contributed by atoms with van der Waals surface area (Å²) < 4.78 is 41.0. The number of rotatable bonds is 8. The van der Waals surface area contributed by atoms with Crippen molar-refractivity contribution < 1.29 is 17.9 Å². The number of aliphatic imine (C=N–C) groups is 1. The van der Waals surface area contributed by atoms with Gasteiger partial charge in [-0.05, 0) is 50.4 Å². The highest BCUT2D eigenvalue weighted by Crippen LogP contribution is 2.16. The molecule has 1 saturated heterocycles. The van der Waals surface area contributed by atoms with Crippen molar-refractivity contribution in [2.45, 2.75) is 39.1 Å². The molecule has 2 N–H and O–H groups in total. The fourth-order valence-corrected chi connectivity index (χ4v) is 3.22. The number of benzene rings is 1. The number of halogens is 4. The van der Waals surface area contributed by atoms with Crippen LogP contribution in [0.4, 0.5) is 13.2 Å². The number of alkyl halides is 3. The lowest BCUT2D eigenvalue weighted by molar-refractivity contribution is -0.176. The summed E-state index contributed by atoms with van der Waals surface area (Å²) in [7, 11) is 2.16. The largest absolute Gasteiger partial charge is 0.411 e. The fourth-order valence-electron chi connectivity index (χ4n) is 3.22. The van der Waals surface area contributed by atoms with E-state index < -0.39 is 12.8 Å². The minimum absolute atomic E-state index is 0. The molecule has 0 bridgehead atoms. The minimum Gasteiger partial charge on any atom is -0.367 e. The maximum atomic E-state index is 12.1. The Morgan fingerprint density at radius 1 is 1.21 bits per heavy atom. The molecule has 1 aliphatic rings. The van der Waals surface area contributed by atoms with E-state index in [0.29, 0.717) is 18.0 Å². The summed E-state index contributed by atoms with van der Waals surface area (Å²) in [5, 5.41) is 6.68. The van der Waals surface area contributed by atoms with Gasteiger partial charge in [-0.3, -0.25) is 0 Å². The normalized spacial score (nSPS) is 18.2. The van der Waals surface area contributed by atoms with Crippen LogP contribution < -0.4 is 10.6 Å². The molecule has 1 aromatic carbocycles. The molecular weight excluding hydrogens is 496 g/mol. The molecular formula is C20H32F3IN4O. The highest BCUT2D eigenvalue weighted by Gasteiger charge is 2.27. The van der Waals surface area contributed by atoms with Gasteiger partial charge >= 0.3 is 6.18 Å². The van der Waals surface area contributed by atoms with Gasteiger partial charge in [0.1, 0.15) is 6.61 Å². The van der Waals surface area contributed by atoms with Crippen LogP contribution in [-0.4, -0.2) is 56.9 Å². The van der Waals surface area contributed by atoms with Crippen LogP contribution in [-0.2, 0) is 17.9 Å². The monoisotopic (exact) mass is 528 g/mol. The van der Waals surface area contributed by atoms with Crippen LogP contribution in [0.3, 0.4) is 0 Å². The van der Waals surface area contributed by atoms with Crippen LogP contribution in [0.2, 0.25) is 0 Å². The SMILES string of the molecule is CCNC(=NCc1ccc(COCC(F)(F)F)cc1)NCC1CCCN(C)C1.I. The average Bonchev–Trinajstić information content (AvgIpc) is 2.64. The second kappa shape index (κ2) is 13.3. The van der Waals surface area contributed by atoms with Gasteiger partial charge in [0, 0.05) is 19.6 Å². The van der Waals surface area contributed by atoms with Crippen molar-refractivity contribution in [3.63, 3.8) is 0 Å². The lowest BCUT2D eigenvalue weighted by Gasteiger charge is -2.30. The van der Waals surface area contributed by atoms with Crippen molar-refractivity contribution >= 4 is 29.9 Å². The summed E-state index contributed by atoms with van der Waals surface area (Å²) in [4.78, 5) is 6.97. The van der Waals surface area contributed by atoms with E-state index in [1.54, 1.807) is 12.1 Å². The Bertz CT molecular complexity index is 611. The van der Waals surface area contributed by atoms with Crippen molar-refractivity contribution in [1.29, 1.82) is 0 Å². The molecule has 0 aliphatic carbocycles. The number of hydrogen-bond donors (Lipinski definition) is 2. The van der Waals surface area contributed by atoms with Crippen LogP contribution in [0.15, 0.2) is 29.3 Å². The first kappa shape index (κ1) is 26.0. The van der Waals surface area contributed by atoms with E-state index in [2.05, 4.69) is 32.3 Å².